The van der Waals surface area contributed by atoms with E-state index in [-0.39, 0.29) is 53.0 Å². The molecule has 8 nitrogen and oxygen atoms in total. The number of aromatic hydroxyl groups is 4. The summed E-state index contributed by atoms with van der Waals surface area (Å²) in [6.07, 6.45) is 1.67. The first-order valence-corrected chi connectivity index (χ1v) is 12.4. The Morgan fingerprint density at radius 1 is 0.973 bits per heavy atom. The molecule has 0 spiro atoms. The molecular formula is C28H28ClNO7. The van der Waals surface area contributed by atoms with Crippen molar-refractivity contribution in [3.05, 3.63) is 81.9 Å². The Morgan fingerprint density at radius 2 is 1.68 bits per heavy atom. The van der Waals surface area contributed by atoms with E-state index in [2.05, 4.69) is 0 Å². The molecule has 0 radical (unpaired) electrons. The number of phenols is 4. The number of carbonyl (C=O) groups excluding carboxylic acids is 2. The quantitative estimate of drug-likeness (QED) is 0.197. The van der Waals surface area contributed by atoms with Gasteiger partial charge < -0.3 is 30.1 Å². The summed E-state index contributed by atoms with van der Waals surface area (Å²) in [4.78, 5) is 28.7. The molecule has 1 amide bonds. The molecular weight excluding hydrogens is 498 g/mol. The first-order valence-electron chi connectivity index (χ1n) is 12.0. The Labute approximate surface area is 219 Å². The van der Waals surface area contributed by atoms with Gasteiger partial charge in [0.15, 0.2) is 23.0 Å². The second-order valence-corrected chi connectivity index (χ2v) is 9.42. The lowest BCUT2D eigenvalue weighted by atomic mass is 9.84. The van der Waals surface area contributed by atoms with Gasteiger partial charge in [0.1, 0.15) is 6.04 Å². The fourth-order valence-corrected chi connectivity index (χ4v) is 4.81. The Hall–Kier alpha value is -3.91. The first-order chi connectivity index (χ1) is 17.7. The Kier molecular flexibility index (Phi) is 7.78. The number of benzene rings is 3. The summed E-state index contributed by atoms with van der Waals surface area (Å²) in [7, 11) is 0. The summed E-state index contributed by atoms with van der Waals surface area (Å²) in [5.74, 6) is -2.44. The number of unbranched alkanes of at least 4 members (excludes halogenated alkanes) is 1. The second-order valence-electron chi connectivity index (χ2n) is 9.02. The summed E-state index contributed by atoms with van der Waals surface area (Å²) >= 11 is 6.36. The molecule has 9 heteroatoms. The van der Waals surface area contributed by atoms with Gasteiger partial charge in [-0.05, 0) is 65.9 Å². The van der Waals surface area contributed by atoms with Gasteiger partial charge in [-0.15, -0.1) is 0 Å². The van der Waals surface area contributed by atoms with Crippen LogP contribution in [0.5, 0.6) is 23.0 Å². The fraction of sp³-hybridized carbons (Fsp3) is 0.286. The number of hydrogen-bond acceptors (Lipinski definition) is 7. The van der Waals surface area contributed by atoms with Crippen LogP contribution in [-0.4, -0.2) is 49.9 Å². The van der Waals surface area contributed by atoms with Crippen molar-refractivity contribution < 1.29 is 34.8 Å². The Bertz CT molecular complexity index is 1330. The molecule has 2 atom stereocenters. The number of hydrogen-bond donors (Lipinski definition) is 4. The van der Waals surface area contributed by atoms with E-state index in [4.69, 9.17) is 16.3 Å². The topological polar surface area (TPSA) is 128 Å². The SMILES string of the molecule is CCCCOC(=O)[C@@H]1Cc2cc(O)c(O)cc2[C@H](Cc2ccc(O)c(O)c2)N1C(=O)c1ccccc1Cl. The molecule has 4 N–H and O–H groups in total. The van der Waals surface area contributed by atoms with E-state index in [0.29, 0.717) is 23.1 Å². The van der Waals surface area contributed by atoms with E-state index in [1.54, 1.807) is 30.3 Å². The highest BCUT2D eigenvalue weighted by atomic mass is 35.5. The van der Waals surface area contributed by atoms with Crippen LogP contribution >= 0.6 is 11.6 Å². The summed E-state index contributed by atoms with van der Waals surface area (Å²) in [6, 6.07) is 11.7. The van der Waals surface area contributed by atoms with E-state index in [1.807, 2.05) is 6.92 Å². The Morgan fingerprint density at radius 3 is 2.38 bits per heavy atom. The number of esters is 1. The van der Waals surface area contributed by atoms with Gasteiger partial charge in [0, 0.05) is 6.42 Å². The van der Waals surface area contributed by atoms with E-state index in [9.17, 15) is 30.0 Å². The highest BCUT2D eigenvalue weighted by Gasteiger charge is 2.43. The number of carbonyl (C=O) groups is 2. The predicted molar refractivity (Wildman–Crippen MR) is 137 cm³/mol. The standard InChI is InChI=1S/C28H28ClNO7/c1-2-3-10-37-28(36)22-13-17-14-25(33)26(34)15-19(17)21(11-16-8-9-23(31)24(32)12-16)30(22)27(35)18-6-4-5-7-20(18)29/h4-9,12,14-15,21-22,31-34H,2-3,10-11,13H2,1H3/t21-,22-/m0/s1. The van der Waals surface area contributed by atoms with Gasteiger partial charge in [0.25, 0.3) is 5.91 Å². The third kappa shape index (κ3) is 5.44. The lowest BCUT2D eigenvalue weighted by Crippen LogP contribution is -2.52. The van der Waals surface area contributed by atoms with Gasteiger partial charge in [-0.3, -0.25) is 4.79 Å². The molecule has 3 aromatic carbocycles. The van der Waals surface area contributed by atoms with Crippen LogP contribution in [0, 0.1) is 0 Å². The second kappa shape index (κ2) is 11.0. The summed E-state index contributed by atoms with van der Waals surface area (Å²) in [6.45, 7) is 2.17. The van der Waals surface area contributed by atoms with Crippen molar-refractivity contribution in [2.75, 3.05) is 6.61 Å². The van der Waals surface area contributed by atoms with Crippen molar-refractivity contribution in [2.24, 2.45) is 0 Å². The molecule has 3 aromatic rings. The monoisotopic (exact) mass is 525 g/mol. The molecule has 4 rings (SSSR count). The summed E-state index contributed by atoms with van der Waals surface area (Å²) in [5.41, 5.74) is 1.86. The van der Waals surface area contributed by atoms with Gasteiger partial charge in [-0.1, -0.05) is 43.1 Å². The van der Waals surface area contributed by atoms with Crippen LogP contribution in [-0.2, 0) is 22.4 Å². The normalized spacial score (nSPS) is 16.8. The molecule has 0 fully saturated rings. The summed E-state index contributed by atoms with van der Waals surface area (Å²) in [5, 5.41) is 40.5. The van der Waals surface area contributed by atoms with Crippen LogP contribution < -0.4 is 0 Å². The number of nitrogens with zero attached hydrogens (tertiary/aromatic N) is 1. The predicted octanol–water partition coefficient (Wildman–Crippen LogP) is 4.86. The minimum Gasteiger partial charge on any atom is -0.504 e. The summed E-state index contributed by atoms with van der Waals surface area (Å²) < 4.78 is 5.52. The van der Waals surface area contributed by atoms with E-state index in [0.717, 1.165) is 6.42 Å². The molecule has 0 aliphatic carbocycles. The van der Waals surface area contributed by atoms with Crippen molar-refractivity contribution in [1.29, 1.82) is 0 Å². The number of amides is 1. The smallest absolute Gasteiger partial charge is 0.329 e. The number of fused-ring (bicyclic) bond motifs is 1. The van der Waals surface area contributed by atoms with Crippen LogP contribution in [0.3, 0.4) is 0 Å². The van der Waals surface area contributed by atoms with Gasteiger partial charge in [-0.2, -0.15) is 0 Å². The fourth-order valence-electron chi connectivity index (χ4n) is 4.59. The average molecular weight is 526 g/mol. The lowest BCUT2D eigenvalue weighted by molar-refractivity contribution is -0.150. The van der Waals surface area contributed by atoms with E-state index in [1.165, 1.54) is 29.2 Å². The number of ether oxygens (including phenoxy) is 1. The van der Waals surface area contributed by atoms with Crippen LogP contribution in [0.25, 0.3) is 0 Å². The highest BCUT2D eigenvalue weighted by molar-refractivity contribution is 6.33. The van der Waals surface area contributed by atoms with Crippen LogP contribution in [0.1, 0.15) is 52.9 Å². The molecule has 0 aromatic heterocycles. The van der Waals surface area contributed by atoms with Crippen molar-refractivity contribution in [1.82, 2.24) is 4.90 Å². The molecule has 194 valence electrons. The molecule has 1 heterocycles. The number of rotatable bonds is 7. The van der Waals surface area contributed by atoms with Crippen molar-refractivity contribution in [2.45, 2.75) is 44.7 Å². The highest BCUT2D eigenvalue weighted by Crippen LogP contribution is 2.42. The zero-order chi connectivity index (χ0) is 26.7. The van der Waals surface area contributed by atoms with Gasteiger partial charge in [0.2, 0.25) is 0 Å². The maximum Gasteiger partial charge on any atom is 0.329 e. The van der Waals surface area contributed by atoms with Crippen LogP contribution in [0.15, 0.2) is 54.6 Å². The maximum atomic E-state index is 14.0. The molecule has 1 aliphatic rings. The molecule has 0 saturated carbocycles. The van der Waals surface area contributed by atoms with Crippen molar-refractivity contribution >= 4 is 23.5 Å². The van der Waals surface area contributed by atoms with E-state index >= 15 is 0 Å². The van der Waals surface area contributed by atoms with Crippen LogP contribution in [0.4, 0.5) is 0 Å². The maximum absolute atomic E-state index is 14.0. The van der Waals surface area contributed by atoms with Gasteiger partial charge in [0.05, 0.1) is 23.2 Å². The zero-order valence-corrected chi connectivity index (χ0v) is 21.0. The van der Waals surface area contributed by atoms with Gasteiger partial charge >= 0.3 is 5.97 Å². The molecule has 37 heavy (non-hydrogen) atoms. The number of phenolic OH excluding ortho intramolecular Hbond substituents is 4. The third-order valence-electron chi connectivity index (χ3n) is 6.50. The third-order valence-corrected chi connectivity index (χ3v) is 6.83. The number of halogens is 1. The first kappa shape index (κ1) is 26.2. The molecule has 1 aliphatic heterocycles. The largest absolute Gasteiger partial charge is 0.504 e. The molecule has 0 unspecified atom stereocenters. The average Bonchev–Trinajstić information content (AvgIpc) is 2.87. The lowest BCUT2D eigenvalue weighted by Gasteiger charge is -2.42. The van der Waals surface area contributed by atoms with Crippen LogP contribution in [0.2, 0.25) is 5.02 Å². The van der Waals surface area contributed by atoms with Gasteiger partial charge in [-0.25, -0.2) is 4.79 Å². The zero-order valence-electron chi connectivity index (χ0n) is 20.2. The van der Waals surface area contributed by atoms with Crippen molar-refractivity contribution in [3.63, 3.8) is 0 Å². The minimum absolute atomic E-state index is 0.0572. The van der Waals surface area contributed by atoms with Crippen molar-refractivity contribution in [3.8, 4) is 23.0 Å². The Balaban J connectivity index is 1.86. The molecule has 0 bridgehead atoms. The van der Waals surface area contributed by atoms with E-state index < -0.39 is 24.0 Å². The minimum atomic E-state index is -1.03. The molecule has 0 saturated heterocycles.